The molecule has 2 atom stereocenters. The third kappa shape index (κ3) is 5.19. The van der Waals surface area contributed by atoms with Crippen molar-refractivity contribution in [2.45, 2.75) is 71.4 Å². The van der Waals surface area contributed by atoms with Gasteiger partial charge in [0.25, 0.3) is 5.91 Å². The average Bonchev–Trinajstić information content (AvgIpc) is 3.35. The normalized spacial score (nSPS) is 21.6. The number of carbonyl (C=O) groups is 2. The summed E-state index contributed by atoms with van der Waals surface area (Å²) >= 11 is 0. The zero-order chi connectivity index (χ0) is 21.2. The van der Waals surface area contributed by atoms with Crippen molar-refractivity contribution in [2.75, 3.05) is 26.2 Å². The largest absolute Gasteiger partial charge is 0.340 e. The van der Waals surface area contributed by atoms with Gasteiger partial charge in [-0.25, -0.2) is 0 Å². The summed E-state index contributed by atoms with van der Waals surface area (Å²) in [4.78, 5) is 30.5. The number of hydrogen-bond donors (Lipinski definition) is 1. The molecule has 5 nitrogen and oxygen atoms in total. The fraction of sp³-hybridized carbons (Fsp3) is 0.667. The van der Waals surface area contributed by atoms with Crippen molar-refractivity contribution in [3.8, 4) is 0 Å². The Kier molecular flexibility index (Phi) is 6.67. The lowest BCUT2D eigenvalue weighted by Crippen LogP contribution is -2.51. The first kappa shape index (κ1) is 21.8. The Morgan fingerprint density at radius 3 is 2.21 bits per heavy atom. The molecule has 0 aromatic heterocycles. The van der Waals surface area contributed by atoms with E-state index in [9.17, 15) is 9.59 Å². The van der Waals surface area contributed by atoms with Gasteiger partial charge < -0.3 is 10.2 Å². The van der Waals surface area contributed by atoms with Gasteiger partial charge in [-0.3, -0.25) is 14.5 Å². The standard InChI is InChI=1S/C24H37N3O2/c1-17(2)21(23(29)27-15-12-20(16-27)26-13-6-7-14-26)25-22(28)18-8-10-19(11-9-18)24(3,4)5/h8-11,17,20-21H,6-7,12-16H2,1-5H3,(H,25,28). The second-order valence-electron chi connectivity index (χ2n) is 9.99. The predicted octanol–water partition coefficient (Wildman–Crippen LogP) is 3.44. The molecular weight excluding hydrogens is 362 g/mol. The van der Waals surface area contributed by atoms with E-state index in [-0.39, 0.29) is 23.1 Å². The lowest BCUT2D eigenvalue weighted by molar-refractivity contribution is -0.133. The molecule has 2 unspecified atom stereocenters. The molecule has 2 aliphatic heterocycles. The Hall–Kier alpha value is -1.88. The second-order valence-corrected chi connectivity index (χ2v) is 9.99. The first-order chi connectivity index (χ1) is 13.7. The Morgan fingerprint density at radius 2 is 1.66 bits per heavy atom. The topological polar surface area (TPSA) is 52.7 Å². The molecule has 5 heteroatoms. The SMILES string of the molecule is CC(C)C(NC(=O)c1ccc(C(C)(C)C)cc1)C(=O)N1CCC(N2CCCC2)C1. The molecule has 2 saturated heterocycles. The number of nitrogens with zero attached hydrogens (tertiary/aromatic N) is 2. The maximum absolute atomic E-state index is 13.2. The highest BCUT2D eigenvalue weighted by Crippen LogP contribution is 2.23. The van der Waals surface area contributed by atoms with Gasteiger partial charge in [-0.15, -0.1) is 0 Å². The summed E-state index contributed by atoms with van der Waals surface area (Å²) in [5.41, 5.74) is 1.84. The predicted molar refractivity (Wildman–Crippen MR) is 117 cm³/mol. The zero-order valence-corrected chi connectivity index (χ0v) is 18.7. The summed E-state index contributed by atoms with van der Waals surface area (Å²) in [5, 5.41) is 3.01. The van der Waals surface area contributed by atoms with Crippen molar-refractivity contribution < 1.29 is 9.59 Å². The average molecular weight is 400 g/mol. The van der Waals surface area contributed by atoms with E-state index in [4.69, 9.17) is 0 Å². The molecule has 1 aromatic rings. The van der Waals surface area contributed by atoms with Gasteiger partial charge in [-0.05, 0) is 61.4 Å². The van der Waals surface area contributed by atoms with E-state index in [0.717, 1.165) is 32.6 Å². The summed E-state index contributed by atoms with van der Waals surface area (Å²) in [6, 6.07) is 7.72. The Labute approximate surface area is 175 Å². The molecule has 3 rings (SSSR count). The number of rotatable bonds is 5. The van der Waals surface area contributed by atoms with E-state index in [0.29, 0.717) is 11.6 Å². The van der Waals surface area contributed by atoms with Crippen LogP contribution in [0.25, 0.3) is 0 Å². The molecular formula is C24H37N3O2. The number of amides is 2. The molecule has 2 fully saturated rings. The Morgan fingerprint density at radius 1 is 1.03 bits per heavy atom. The van der Waals surface area contributed by atoms with Crippen molar-refractivity contribution in [3.05, 3.63) is 35.4 Å². The van der Waals surface area contributed by atoms with Crippen molar-refractivity contribution in [2.24, 2.45) is 5.92 Å². The second kappa shape index (κ2) is 8.86. The van der Waals surface area contributed by atoms with Crippen LogP contribution < -0.4 is 5.32 Å². The van der Waals surface area contributed by atoms with Gasteiger partial charge in [-0.1, -0.05) is 46.8 Å². The van der Waals surface area contributed by atoms with Crippen LogP contribution in [0.5, 0.6) is 0 Å². The number of nitrogens with one attached hydrogen (secondary N) is 1. The monoisotopic (exact) mass is 399 g/mol. The molecule has 0 aliphatic carbocycles. The highest BCUT2D eigenvalue weighted by molar-refractivity contribution is 5.97. The summed E-state index contributed by atoms with van der Waals surface area (Å²) in [6.07, 6.45) is 3.57. The fourth-order valence-electron chi connectivity index (χ4n) is 4.40. The van der Waals surface area contributed by atoms with Gasteiger partial charge in [0.1, 0.15) is 6.04 Å². The molecule has 2 aliphatic rings. The fourth-order valence-corrected chi connectivity index (χ4v) is 4.40. The van der Waals surface area contributed by atoms with Crippen molar-refractivity contribution in [1.82, 2.24) is 15.1 Å². The van der Waals surface area contributed by atoms with Crippen molar-refractivity contribution in [3.63, 3.8) is 0 Å². The van der Waals surface area contributed by atoms with E-state index in [1.165, 1.54) is 18.4 Å². The van der Waals surface area contributed by atoms with E-state index in [1.54, 1.807) is 0 Å². The van der Waals surface area contributed by atoms with Gasteiger partial charge in [0.2, 0.25) is 5.91 Å². The highest BCUT2D eigenvalue weighted by Gasteiger charge is 2.36. The first-order valence-electron chi connectivity index (χ1n) is 11.1. The molecule has 0 bridgehead atoms. The summed E-state index contributed by atoms with van der Waals surface area (Å²) in [6.45, 7) is 14.4. The molecule has 1 N–H and O–H groups in total. The number of carbonyl (C=O) groups excluding carboxylic acids is 2. The first-order valence-corrected chi connectivity index (χ1v) is 11.1. The molecule has 2 heterocycles. The lowest BCUT2D eigenvalue weighted by Gasteiger charge is -2.28. The van der Waals surface area contributed by atoms with E-state index < -0.39 is 6.04 Å². The van der Waals surface area contributed by atoms with E-state index >= 15 is 0 Å². The van der Waals surface area contributed by atoms with E-state index in [2.05, 4.69) is 31.0 Å². The minimum Gasteiger partial charge on any atom is -0.340 e. The maximum Gasteiger partial charge on any atom is 0.251 e. The molecule has 0 spiro atoms. The maximum atomic E-state index is 13.2. The summed E-state index contributed by atoms with van der Waals surface area (Å²) < 4.78 is 0. The van der Waals surface area contributed by atoms with Gasteiger partial charge in [-0.2, -0.15) is 0 Å². The van der Waals surface area contributed by atoms with Gasteiger partial charge >= 0.3 is 0 Å². The van der Waals surface area contributed by atoms with Gasteiger partial charge in [0, 0.05) is 24.7 Å². The van der Waals surface area contributed by atoms with Gasteiger partial charge in [0.05, 0.1) is 0 Å². The highest BCUT2D eigenvalue weighted by atomic mass is 16.2. The molecule has 2 amide bonds. The van der Waals surface area contributed by atoms with Crippen LogP contribution in [0.4, 0.5) is 0 Å². The summed E-state index contributed by atoms with van der Waals surface area (Å²) in [7, 11) is 0. The third-order valence-corrected chi connectivity index (χ3v) is 6.36. The van der Waals surface area contributed by atoms with Crippen LogP contribution in [-0.4, -0.2) is 59.9 Å². The van der Waals surface area contributed by atoms with Crippen LogP contribution >= 0.6 is 0 Å². The van der Waals surface area contributed by atoms with Crippen molar-refractivity contribution >= 4 is 11.8 Å². The van der Waals surface area contributed by atoms with E-state index in [1.807, 2.05) is 43.0 Å². The third-order valence-electron chi connectivity index (χ3n) is 6.36. The van der Waals surface area contributed by atoms with Crippen LogP contribution in [0.15, 0.2) is 24.3 Å². The van der Waals surface area contributed by atoms with Crippen LogP contribution in [-0.2, 0) is 10.2 Å². The number of likely N-dealkylation sites (tertiary alicyclic amines) is 2. The zero-order valence-electron chi connectivity index (χ0n) is 18.7. The van der Waals surface area contributed by atoms with Crippen LogP contribution in [0, 0.1) is 5.92 Å². The van der Waals surface area contributed by atoms with Crippen LogP contribution in [0.2, 0.25) is 0 Å². The number of benzene rings is 1. The minimum atomic E-state index is -0.484. The van der Waals surface area contributed by atoms with Crippen LogP contribution in [0.3, 0.4) is 0 Å². The lowest BCUT2D eigenvalue weighted by atomic mass is 9.86. The summed E-state index contributed by atoms with van der Waals surface area (Å²) in [5.74, 6) is -0.0692. The smallest absolute Gasteiger partial charge is 0.251 e. The van der Waals surface area contributed by atoms with Gasteiger partial charge in [0.15, 0.2) is 0 Å². The Balaban J connectivity index is 1.63. The Bertz CT molecular complexity index is 715. The molecule has 0 saturated carbocycles. The van der Waals surface area contributed by atoms with Crippen LogP contribution in [0.1, 0.15) is 69.8 Å². The number of hydrogen-bond acceptors (Lipinski definition) is 3. The molecule has 29 heavy (non-hydrogen) atoms. The molecule has 0 radical (unpaired) electrons. The molecule has 160 valence electrons. The van der Waals surface area contributed by atoms with Crippen molar-refractivity contribution in [1.29, 1.82) is 0 Å². The molecule has 1 aromatic carbocycles. The minimum absolute atomic E-state index is 0.0473. The quantitative estimate of drug-likeness (QED) is 0.825.